The Kier molecular flexibility index (Phi) is 3.67. The summed E-state index contributed by atoms with van der Waals surface area (Å²) in [5, 5.41) is 6.94. The molecule has 3 heteroatoms. The van der Waals surface area contributed by atoms with Crippen LogP contribution in [0.15, 0.2) is 18.2 Å². The summed E-state index contributed by atoms with van der Waals surface area (Å²) >= 11 is 0. The van der Waals surface area contributed by atoms with Crippen LogP contribution in [0.4, 0.5) is 5.69 Å². The molecule has 0 aliphatic carbocycles. The third-order valence-electron chi connectivity index (χ3n) is 3.01. The second-order valence-corrected chi connectivity index (χ2v) is 4.39. The van der Waals surface area contributed by atoms with E-state index in [1.54, 1.807) is 7.11 Å². The van der Waals surface area contributed by atoms with E-state index in [1.807, 2.05) is 0 Å². The van der Waals surface area contributed by atoms with E-state index in [0.29, 0.717) is 6.04 Å². The number of ether oxygens (including phenoxy) is 1. The van der Waals surface area contributed by atoms with E-state index < -0.39 is 0 Å². The number of anilines is 1. The molecule has 0 aromatic heterocycles. The van der Waals surface area contributed by atoms with Crippen LogP contribution in [0.5, 0.6) is 5.75 Å². The summed E-state index contributed by atoms with van der Waals surface area (Å²) in [7, 11) is 1.72. The van der Waals surface area contributed by atoms with Crippen LogP contribution in [-0.4, -0.2) is 26.2 Å². The lowest BCUT2D eigenvalue weighted by Crippen LogP contribution is -2.38. The summed E-state index contributed by atoms with van der Waals surface area (Å²) in [4.78, 5) is 0. The molecule has 2 rings (SSSR count). The standard InChI is InChI=1S/C13H20N2O/c1-10-5-6-12(13(8-10)16-2)15-11-4-3-7-14-9-11/h5-6,8,11,14-15H,3-4,7,9H2,1-2H3. The second kappa shape index (κ2) is 5.21. The molecule has 1 atom stereocenters. The highest BCUT2D eigenvalue weighted by atomic mass is 16.5. The largest absolute Gasteiger partial charge is 0.495 e. The molecule has 2 N–H and O–H groups in total. The Morgan fingerprint density at radius 1 is 1.44 bits per heavy atom. The first-order valence-electron chi connectivity index (χ1n) is 5.91. The Hall–Kier alpha value is -1.22. The van der Waals surface area contributed by atoms with E-state index in [-0.39, 0.29) is 0 Å². The van der Waals surface area contributed by atoms with Crippen molar-refractivity contribution >= 4 is 5.69 Å². The van der Waals surface area contributed by atoms with Gasteiger partial charge in [-0.3, -0.25) is 0 Å². The van der Waals surface area contributed by atoms with Crippen molar-refractivity contribution in [2.24, 2.45) is 0 Å². The number of aryl methyl sites for hydroxylation is 1. The van der Waals surface area contributed by atoms with Crippen molar-refractivity contribution < 1.29 is 4.74 Å². The Morgan fingerprint density at radius 2 is 2.31 bits per heavy atom. The SMILES string of the molecule is COc1cc(C)ccc1NC1CCCNC1. The molecule has 0 amide bonds. The van der Waals surface area contributed by atoms with Gasteiger partial charge in [-0.2, -0.15) is 0 Å². The number of rotatable bonds is 3. The molecular weight excluding hydrogens is 200 g/mol. The zero-order valence-electron chi connectivity index (χ0n) is 10.0. The normalized spacial score (nSPS) is 20.5. The van der Waals surface area contributed by atoms with Gasteiger partial charge in [0.15, 0.2) is 0 Å². The van der Waals surface area contributed by atoms with Crippen LogP contribution < -0.4 is 15.4 Å². The molecule has 1 fully saturated rings. The maximum Gasteiger partial charge on any atom is 0.142 e. The van der Waals surface area contributed by atoms with Gasteiger partial charge in [0.05, 0.1) is 12.8 Å². The van der Waals surface area contributed by atoms with Gasteiger partial charge in [0.1, 0.15) is 5.75 Å². The maximum atomic E-state index is 5.38. The predicted octanol–water partition coefficient (Wildman–Crippen LogP) is 2.17. The Labute approximate surface area is 97.2 Å². The third-order valence-corrected chi connectivity index (χ3v) is 3.01. The van der Waals surface area contributed by atoms with Crippen molar-refractivity contribution in [2.75, 3.05) is 25.5 Å². The van der Waals surface area contributed by atoms with Gasteiger partial charge in [-0.05, 0) is 44.0 Å². The monoisotopic (exact) mass is 220 g/mol. The molecule has 1 unspecified atom stereocenters. The lowest BCUT2D eigenvalue weighted by molar-refractivity contribution is 0.413. The summed E-state index contributed by atoms with van der Waals surface area (Å²) in [6.07, 6.45) is 2.47. The van der Waals surface area contributed by atoms with Crippen LogP contribution in [0, 0.1) is 6.92 Å². The smallest absolute Gasteiger partial charge is 0.142 e. The topological polar surface area (TPSA) is 33.3 Å². The van der Waals surface area contributed by atoms with Crippen molar-refractivity contribution in [3.63, 3.8) is 0 Å². The Bertz CT molecular complexity index is 346. The minimum atomic E-state index is 0.519. The van der Waals surface area contributed by atoms with Crippen LogP contribution in [0.25, 0.3) is 0 Å². The summed E-state index contributed by atoms with van der Waals surface area (Å²) in [5.41, 5.74) is 2.32. The molecule has 1 aliphatic rings. The van der Waals surface area contributed by atoms with E-state index in [0.717, 1.165) is 24.5 Å². The Morgan fingerprint density at radius 3 is 3.00 bits per heavy atom. The molecule has 0 spiro atoms. The summed E-state index contributed by atoms with van der Waals surface area (Å²) < 4.78 is 5.38. The van der Waals surface area contributed by atoms with E-state index in [1.165, 1.54) is 18.4 Å². The average molecular weight is 220 g/mol. The number of hydrogen-bond acceptors (Lipinski definition) is 3. The molecule has 88 valence electrons. The fourth-order valence-electron chi connectivity index (χ4n) is 2.11. The minimum absolute atomic E-state index is 0.519. The number of piperidine rings is 1. The minimum Gasteiger partial charge on any atom is -0.495 e. The highest BCUT2D eigenvalue weighted by molar-refractivity contribution is 5.58. The van der Waals surface area contributed by atoms with Crippen molar-refractivity contribution in [1.29, 1.82) is 0 Å². The molecular formula is C13H20N2O. The quantitative estimate of drug-likeness (QED) is 0.819. The summed E-state index contributed by atoms with van der Waals surface area (Å²) in [6, 6.07) is 6.80. The van der Waals surface area contributed by atoms with Gasteiger partial charge in [-0.1, -0.05) is 6.07 Å². The van der Waals surface area contributed by atoms with E-state index in [2.05, 4.69) is 35.8 Å². The zero-order chi connectivity index (χ0) is 11.4. The first-order chi connectivity index (χ1) is 7.79. The number of methoxy groups -OCH3 is 1. The highest BCUT2D eigenvalue weighted by Crippen LogP contribution is 2.26. The fourth-order valence-corrected chi connectivity index (χ4v) is 2.11. The third kappa shape index (κ3) is 2.67. The lowest BCUT2D eigenvalue weighted by atomic mass is 10.1. The first-order valence-corrected chi connectivity index (χ1v) is 5.91. The van der Waals surface area contributed by atoms with Crippen LogP contribution >= 0.6 is 0 Å². The van der Waals surface area contributed by atoms with Gasteiger partial charge >= 0.3 is 0 Å². The van der Waals surface area contributed by atoms with Gasteiger partial charge in [-0.25, -0.2) is 0 Å². The van der Waals surface area contributed by atoms with E-state index in [9.17, 15) is 0 Å². The number of benzene rings is 1. The van der Waals surface area contributed by atoms with Crippen LogP contribution in [-0.2, 0) is 0 Å². The number of hydrogen-bond donors (Lipinski definition) is 2. The van der Waals surface area contributed by atoms with Crippen LogP contribution in [0.1, 0.15) is 18.4 Å². The van der Waals surface area contributed by atoms with Crippen molar-refractivity contribution in [3.05, 3.63) is 23.8 Å². The molecule has 1 aliphatic heterocycles. The molecule has 1 aromatic rings. The van der Waals surface area contributed by atoms with Crippen molar-refractivity contribution in [3.8, 4) is 5.75 Å². The lowest BCUT2D eigenvalue weighted by Gasteiger charge is -2.25. The van der Waals surface area contributed by atoms with Gasteiger partial charge in [0, 0.05) is 12.6 Å². The maximum absolute atomic E-state index is 5.38. The predicted molar refractivity (Wildman–Crippen MR) is 67.2 cm³/mol. The van der Waals surface area contributed by atoms with Gasteiger partial charge in [-0.15, -0.1) is 0 Å². The summed E-state index contributed by atoms with van der Waals surface area (Å²) in [5.74, 6) is 0.936. The molecule has 0 radical (unpaired) electrons. The first kappa shape index (κ1) is 11.3. The van der Waals surface area contributed by atoms with Crippen LogP contribution in [0.3, 0.4) is 0 Å². The molecule has 3 nitrogen and oxygen atoms in total. The zero-order valence-corrected chi connectivity index (χ0v) is 10.0. The van der Waals surface area contributed by atoms with Gasteiger partial charge in [0.2, 0.25) is 0 Å². The highest BCUT2D eigenvalue weighted by Gasteiger charge is 2.14. The van der Waals surface area contributed by atoms with E-state index >= 15 is 0 Å². The fraction of sp³-hybridized carbons (Fsp3) is 0.538. The average Bonchev–Trinajstić information content (AvgIpc) is 2.33. The summed E-state index contributed by atoms with van der Waals surface area (Å²) in [6.45, 7) is 4.26. The molecule has 0 bridgehead atoms. The molecule has 1 heterocycles. The number of nitrogens with one attached hydrogen (secondary N) is 2. The molecule has 0 saturated carbocycles. The Balaban J connectivity index is 2.07. The molecule has 1 saturated heterocycles. The van der Waals surface area contributed by atoms with Crippen molar-refractivity contribution in [1.82, 2.24) is 5.32 Å². The van der Waals surface area contributed by atoms with E-state index in [4.69, 9.17) is 4.74 Å². The van der Waals surface area contributed by atoms with Crippen LogP contribution in [0.2, 0.25) is 0 Å². The van der Waals surface area contributed by atoms with Gasteiger partial charge in [0.25, 0.3) is 0 Å². The van der Waals surface area contributed by atoms with Crippen molar-refractivity contribution in [2.45, 2.75) is 25.8 Å². The molecule has 1 aromatic carbocycles. The molecule has 16 heavy (non-hydrogen) atoms. The van der Waals surface area contributed by atoms with Gasteiger partial charge < -0.3 is 15.4 Å². The second-order valence-electron chi connectivity index (χ2n) is 4.39.